The lowest BCUT2D eigenvalue weighted by Crippen LogP contribution is -1.99. The minimum Gasteiger partial charge on any atom is -0.492 e. The Kier molecular flexibility index (Phi) is 4.35. The molecule has 0 radical (unpaired) electrons. The quantitative estimate of drug-likeness (QED) is 0.601. The number of methoxy groups -OCH3 is 2. The second-order valence-electron chi connectivity index (χ2n) is 3.13. The molecule has 1 aromatic carbocycles. The van der Waals surface area contributed by atoms with Crippen molar-refractivity contribution in [2.75, 3.05) is 14.2 Å². The summed E-state index contributed by atoms with van der Waals surface area (Å²) < 4.78 is 10.4. The maximum absolute atomic E-state index is 10.1. The van der Waals surface area contributed by atoms with Gasteiger partial charge >= 0.3 is 0 Å². The largest absolute Gasteiger partial charge is 0.492 e. The number of rotatable bonds is 4. The smallest absolute Gasteiger partial charge is 0.235 e. The highest BCUT2D eigenvalue weighted by molar-refractivity contribution is 6.32. The molecule has 1 rings (SSSR count). The minimum absolute atomic E-state index is 0.200. The summed E-state index contributed by atoms with van der Waals surface area (Å²) in [5.74, 6) is 0.956. The fourth-order valence-electron chi connectivity index (χ4n) is 1.48. The molecule has 0 aliphatic rings. The molecule has 1 aromatic rings. The van der Waals surface area contributed by atoms with Crippen LogP contribution in [0.4, 0.5) is 0 Å². The molecular formula is C11H12ClNO3. The molecule has 0 heterocycles. The van der Waals surface area contributed by atoms with Gasteiger partial charge < -0.3 is 9.47 Å². The summed E-state index contributed by atoms with van der Waals surface area (Å²) in [7, 11) is 3.02. The van der Waals surface area contributed by atoms with E-state index in [1.807, 2.05) is 6.92 Å². The summed E-state index contributed by atoms with van der Waals surface area (Å²) in [5.41, 5.74) is 1.66. The van der Waals surface area contributed by atoms with Gasteiger partial charge in [-0.15, -0.1) is 0 Å². The van der Waals surface area contributed by atoms with E-state index in [1.165, 1.54) is 20.3 Å². The number of halogens is 1. The van der Waals surface area contributed by atoms with Gasteiger partial charge in [-0.25, -0.2) is 9.79 Å². The zero-order valence-corrected chi connectivity index (χ0v) is 10.1. The number of isocyanates is 1. The lowest BCUT2D eigenvalue weighted by molar-refractivity contribution is 0.351. The van der Waals surface area contributed by atoms with Crippen molar-refractivity contribution in [3.8, 4) is 11.5 Å². The van der Waals surface area contributed by atoms with Crippen LogP contribution in [-0.2, 0) is 11.3 Å². The van der Waals surface area contributed by atoms with E-state index in [2.05, 4.69) is 4.99 Å². The first kappa shape index (κ1) is 12.6. The Hall–Kier alpha value is -1.51. The molecule has 4 nitrogen and oxygen atoms in total. The SMILES string of the molecule is COc1c(Cl)cc(C)c(CN=C=O)c1OC. The van der Waals surface area contributed by atoms with Crippen LogP contribution in [0.1, 0.15) is 11.1 Å². The van der Waals surface area contributed by atoms with E-state index < -0.39 is 0 Å². The molecule has 16 heavy (non-hydrogen) atoms. The second-order valence-corrected chi connectivity index (χ2v) is 3.54. The third-order valence-corrected chi connectivity index (χ3v) is 2.51. The van der Waals surface area contributed by atoms with Crippen LogP contribution in [0.25, 0.3) is 0 Å². The lowest BCUT2D eigenvalue weighted by atomic mass is 10.1. The third kappa shape index (κ3) is 2.35. The van der Waals surface area contributed by atoms with E-state index in [-0.39, 0.29) is 6.54 Å². The van der Waals surface area contributed by atoms with Crippen molar-refractivity contribution in [2.45, 2.75) is 13.5 Å². The van der Waals surface area contributed by atoms with Crippen LogP contribution in [0.3, 0.4) is 0 Å². The van der Waals surface area contributed by atoms with E-state index in [0.717, 1.165) is 11.1 Å². The first-order valence-corrected chi connectivity index (χ1v) is 4.97. The van der Waals surface area contributed by atoms with Gasteiger partial charge in [-0.05, 0) is 18.6 Å². The normalized spacial score (nSPS) is 9.50. The fraction of sp³-hybridized carbons (Fsp3) is 0.364. The number of aliphatic imine (C=N–C) groups is 1. The van der Waals surface area contributed by atoms with Crippen molar-refractivity contribution < 1.29 is 14.3 Å². The lowest BCUT2D eigenvalue weighted by Gasteiger charge is -2.15. The van der Waals surface area contributed by atoms with Crippen LogP contribution in [0, 0.1) is 6.92 Å². The topological polar surface area (TPSA) is 47.9 Å². The van der Waals surface area contributed by atoms with Crippen molar-refractivity contribution in [3.63, 3.8) is 0 Å². The molecular weight excluding hydrogens is 230 g/mol. The number of nitrogens with zero attached hydrogens (tertiary/aromatic N) is 1. The monoisotopic (exact) mass is 241 g/mol. The maximum atomic E-state index is 10.1. The second kappa shape index (κ2) is 5.54. The predicted octanol–water partition coefficient (Wildman–Crippen LogP) is 2.50. The highest BCUT2D eigenvalue weighted by atomic mass is 35.5. The number of aryl methyl sites for hydroxylation is 1. The summed E-state index contributed by atoms with van der Waals surface area (Å²) in [6.07, 6.45) is 1.49. The summed E-state index contributed by atoms with van der Waals surface area (Å²) in [5, 5.41) is 0.468. The van der Waals surface area contributed by atoms with E-state index in [0.29, 0.717) is 16.5 Å². The highest BCUT2D eigenvalue weighted by Gasteiger charge is 2.16. The molecule has 0 bridgehead atoms. The van der Waals surface area contributed by atoms with Crippen LogP contribution in [-0.4, -0.2) is 20.3 Å². The van der Waals surface area contributed by atoms with Crippen LogP contribution < -0.4 is 9.47 Å². The van der Waals surface area contributed by atoms with Gasteiger partial charge in [0, 0.05) is 5.56 Å². The molecule has 0 saturated carbocycles. The Morgan fingerprint density at radius 2 is 2.00 bits per heavy atom. The molecule has 0 N–H and O–H groups in total. The van der Waals surface area contributed by atoms with Crippen LogP contribution in [0.15, 0.2) is 11.1 Å². The molecule has 0 aromatic heterocycles. The molecule has 0 atom stereocenters. The van der Waals surface area contributed by atoms with Gasteiger partial charge in [-0.1, -0.05) is 11.6 Å². The van der Waals surface area contributed by atoms with Gasteiger partial charge in [0.25, 0.3) is 0 Å². The maximum Gasteiger partial charge on any atom is 0.235 e. The first-order valence-electron chi connectivity index (χ1n) is 4.59. The first-order chi connectivity index (χ1) is 7.65. The standard InChI is InChI=1S/C11H12ClNO3/c1-7-4-9(12)11(16-3)10(15-2)8(7)5-13-6-14/h4H,5H2,1-3H3. The van der Waals surface area contributed by atoms with Crippen LogP contribution in [0.5, 0.6) is 11.5 Å². The van der Waals surface area contributed by atoms with E-state index in [9.17, 15) is 4.79 Å². The van der Waals surface area contributed by atoms with Gasteiger partial charge in [-0.3, -0.25) is 0 Å². The Morgan fingerprint density at radius 3 is 2.50 bits per heavy atom. The molecule has 0 saturated heterocycles. The number of hydrogen-bond donors (Lipinski definition) is 0. The summed E-state index contributed by atoms with van der Waals surface area (Å²) in [6, 6.07) is 1.75. The van der Waals surface area contributed by atoms with Crippen LogP contribution >= 0.6 is 11.6 Å². The van der Waals surface area contributed by atoms with Gasteiger partial charge in [0.2, 0.25) is 6.08 Å². The molecule has 0 aliphatic carbocycles. The molecule has 0 unspecified atom stereocenters. The van der Waals surface area contributed by atoms with E-state index in [1.54, 1.807) is 6.07 Å². The van der Waals surface area contributed by atoms with Gasteiger partial charge in [-0.2, -0.15) is 0 Å². The molecule has 0 spiro atoms. The third-order valence-electron chi connectivity index (χ3n) is 2.23. The van der Waals surface area contributed by atoms with Crippen molar-refractivity contribution in [3.05, 3.63) is 22.2 Å². The molecule has 86 valence electrons. The molecule has 5 heteroatoms. The minimum atomic E-state index is 0.200. The van der Waals surface area contributed by atoms with Gasteiger partial charge in [0.1, 0.15) is 0 Å². The molecule has 0 aliphatic heterocycles. The average Bonchev–Trinajstić information content (AvgIpc) is 2.27. The van der Waals surface area contributed by atoms with Crippen molar-refractivity contribution in [1.29, 1.82) is 0 Å². The zero-order chi connectivity index (χ0) is 12.1. The summed E-state index contributed by atoms with van der Waals surface area (Å²) in [6.45, 7) is 2.07. The predicted molar refractivity (Wildman–Crippen MR) is 61.1 cm³/mol. The average molecular weight is 242 g/mol. The van der Waals surface area contributed by atoms with Crippen molar-refractivity contribution >= 4 is 17.7 Å². The van der Waals surface area contributed by atoms with E-state index in [4.69, 9.17) is 21.1 Å². The molecule has 0 amide bonds. The van der Waals surface area contributed by atoms with Gasteiger partial charge in [0.15, 0.2) is 11.5 Å². The Bertz CT molecular complexity index is 439. The molecule has 0 fully saturated rings. The van der Waals surface area contributed by atoms with Crippen molar-refractivity contribution in [2.24, 2.45) is 4.99 Å². The fourth-order valence-corrected chi connectivity index (χ4v) is 1.81. The number of carbonyl (C=O) groups excluding carboxylic acids is 1. The summed E-state index contributed by atoms with van der Waals surface area (Å²) >= 11 is 6.01. The Balaban J connectivity index is 3.38. The summed E-state index contributed by atoms with van der Waals surface area (Å²) in [4.78, 5) is 13.7. The van der Waals surface area contributed by atoms with Gasteiger partial charge in [0.05, 0.1) is 25.8 Å². The Labute approximate surface area is 98.8 Å². The van der Waals surface area contributed by atoms with Crippen molar-refractivity contribution in [1.82, 2.24) is 0 Å². The Morgan fingerprint density at radius 1 is 1.38 bits per heavy atom. The number of benzene rings is 1. The van der Waals surface area contributed by atoms with Crippen LogP contribution in [0.2, 0.25) is 5.02 Å². The zero-order valence-electron chi connectivity index (χ0n) is 9.33. The number of ether oxygens (including phenoxy) is 2. The highest BCUT2D eigenvalue weighted by Crippen LogP contribution is 2.40. The van der Waals surface area contributed by atoms with E-state index >= 15 is 0 Å². The number of hydrogen-bond acceptors (Lipinski definition) is 4.